The summed E-state index contributed by atoms with van der Waals surface area (Å²) in [5.41, 5.74) is 3.76. The fourth-order valence-electron chi connectivity index (χ4n) is 2.79. The molecule has 1 heterocycles. The molecule has 0 unspecified atom stereocenters. The van der Waals surface area contributed by atoms with Gasteiger partial charge in [-0.3, -0.25) is 9.89 Å². The average molecular weight is 309 g/mol. The number of carbonyl (C=O) groups is 1. The SMILES string of the molecule is CCc1cccc(C)c1CNC(=O)n1[nH]c2ccccc2c1=O. The number of aromatic nitrogens is 2. The molecular formula is C18H19N3O2. The van der Waals surface area contributed by atoms with E-state index in [-0.39, 0.29) is 5.56 Å². The summed E-state index contributed by atoms with van der Waals surface area (Å²) in [5, 5.41) is 6.17. The van der Waals surface area contributed by atoms with Crippen LogP contribution in [0.15, 0.2) is 47.3 Å². The van der Waals surface area contributed by atoms with Crippen molar-refractivity contribution >= 4 is 16.9 Å². The minimum Gasteiger partial charge on any atom is -0.332 e. The lowest BCUT2D eigenvalue weighted by Gasteiger charge is -2.12. The number of para-hydroxylation sites is 1. The molecule has 2 N–H and O–H groups in total. The smallest absolute Gasteiger partial charge is 0.332 e. The van der Waals surface area contributed by atoms with Crippen LogP contribution in [-0.4, -0.2) is 15.8 Å². The van der Waals surface area contributed by atoms with Crippen molar-refractivity contribution in [3.05, 3.63) is 69.5 Å². The maximum Gasteiger partial charge on any atom is 0.343 e. The number of hydrogen-bond acceptors (Lipinski definition) is 2. The van der Waals surface area contributed by atoms with E-state index in [1.54, 1.807) is 18.2 Å². The lowest BCUT2D eigenvalue weighted by molar-refractivity contribution is 0.238. The van der Waals surface area contributed by atoms with Crippen molar-refractivity contribution in [2.45, 2.75) is 26.8 Å². The maximum atomic E-state index is 12.3. The minimum atomic E-state index is -0.448. The summed E-state index contributed by atoms with van der Waals surface area (Å²) in [6.07, 6.45) is 0.902. The molecule has 0 saturated carbocycles. The number of rotatable bonds is 3. The monoisotopic (exact) mass is 309 g/mol. The summed E-state index contributed by atoms with van der Waals surface area (Å²) in [7, 11) is 0. The first kappa shape index (κ1) is 15.1. The summed E-state index contributed by atoms with van der Waals surface area (Å²) in [6.45, 7) is 4.51. The van der Waals surface area contributed by atoms with Crippen LogP contribution in [0.5, 0.6) is 0 Å². The summed E-state index contributed by atoms with van der Waals surface area (Å²) in [4.78, 5) is 24.6. The first-order valence-corrected chi connectivity index (χ1v) is 7.67. The third kappa shape index (κ3) is 2.77. The van der Waals surface area contributed by atoms with Crippen molar-refractivity contribution in [1.82, 2.24) is 15.1 Å². The molecule has 0 radical (unpaired) electrons. The Labute approximate surface area is 133 Å². The number of nitrogens with one attached hydrogen (secondary N) is 2. The van der Waals surface area contributed by atoms with Gasteiger partial charge < -0.3 is 5.32 Å². The van der Waals surface area contributed by atoms with Gasteiger partial charge in [-0.15, -0.1) is 0 Å². The molecule has 5 heteroatoms. The van der Waals surface area contributed by atoms with Crippen molar-refractivity contribution in [1.29, 1.82) is 0 Å². The zero-order chi connectivity index (χ0) is 16.4. The van der Waals surface area contributed by atoms with Gasteiger partial charge in [-0.2, -0.15) is 4.68 Å². The van der Waals surface area contributed by atoms with Gasteiger partial charge in [0.25, 0.3) is 5.56 Å². The Balaban J connectivity index is 1.85. The van der Waals surface area contributed by atoms with Crippen LogP contribution in [0.2, 0.25) is 0 Å². The van der Waals surface area contributed by atoms with E-state index in [1.807, 2.05) is 25.1 Å². The molecule has 23 heavy (non-hydrogen) atoms. The van der Waals surface area contributed by atoms with Crippen LogP contribution in [0.4, 0.5) is 4.79 Å². The molecule has 0 bridgehead atoms. The summed E-state index contributed by atoms with van der Waals surface area (Å²) in [6, 6.07) is 12.7. The van der Waals surface area contributed by atoms with Gasteiger partial charge in [-0.25, -0.2) is 4.79 Å². The van der Waals surface area contributed by atoms with Gasteiger partial charge in [0.2, 0.25) is 0 Å². The molecule has 3 rings (SSSR count). The van der Waals surface area contributed by atoms with Crippen LogP contribution < -0.4 is 10.9 Å². The van der Waals surface area contributed by atoms with E-state index in [1.165, 1.54) is 5.56 Å². The van der Waals surface area contributed by atoms with Gasteiger partial charge in [-0.1, -0.05) is 37.3 Å². The van der Waals surface area contributed by atoms with Crippen LogP contribution >= 0.6 is 0 Å². The molecule has 2 aromatic carbocycles. The van der Waals surface area contributed by atoms with E-state index < -0.39 is 6.03 Å². The van der Waals surface area contributed by atoms with Crippen molar-refractivity contribution < 1.29 is 4.79 Å². The molecular weight excluding hydrogens is 290 g/mol. The fraction of sp³-hybridized carbons (Fsp3) is 0.222. The first-order valence-electron chi connectivity index (χ1n) is 7.67. The van der Waals surface area contributed by atoms with Gasteiger partial charge in [0.05, 0.1) is 10.9 Å². The summed E-state index contributed by atoms with van der Waals surface area (Å²) >= 11 is 0. The zero-order valence-electron chi connectivity index (χ0n) is 13.2. The molecule has 0 spiro atoms. The number of hydrogen-bond donors (Lipinski definition) is 2. The van der Waals surface area contributed by atoms with Gasteiger partial charge in [0, 0.05) is 6.54 Å². The normalized spacial score (nSPS) is 10.9. The molecule has 0 fully saturated rings. The standard InChI is InChI=1S/C18H19N3O2/c1-3-13-8-6-7-12(2)15(13)11-19-18(23)21-17(22)14-9-4-5-10-16(14)20-21/h4-10,20H,3,11H2,1-2H3,(H,19,23). The Bertz CT molecular complexity index is 921. The first-order chi connectivity index (χ1) is 11.1. The van der Waals surface area contributed by atoms with E-state index in [0.717, 1.165) is 22.2 Å². The molecule has 0 aliphatic carbocycles. The highest BCUT2D eigenvalue weighted by Crippen LogP contribution is 2.14. The molecule has 1 amide bonds. The highest BCUT2D eigenvalue weighted by Gasteiger charge is 2.13. The molecule has 1 aromatic heterocycles. The number of carbonyl (C=O) groups excluding carboxylic acids is 1. The van der Waals surface area contributed by atoms with Gasteiger partial charge in [0.1, 0.15) is 0 Å². The number of fused-ring (bicyclic) bond motifs is 1. The third-order valence-electron chi connectivity index (χ3n) is 4.10. The van der Waals surface area contributed by atoms with E-state index >= 15 is 0 Å². The van der Waals surface area contributed by atoms with E-state index in [0.29, 0.717) is 17.4 Å². The molecule has 118 valence electrons. The van der Waals surface area contributed by atoms with E-state index in [4.69, 9.17) is 0 Å². The van der Waals surface area contributed by atoms with Crippen LogP contribution in [0.3, 0.4) is 0 Å². The van der Waals surface area contributed by atoms with Crippen LogP contribution in [0.1, 0.15) is 23.6 Å². The molecule has 0 atom stereocenters. The maximum absolute atomic E-state index is 12.3. The number of nitrogens with zero attached hydrogens (tertiary/aromatic N) is 1. The second-order valence-electron chi connectivity index (χ2n) is 5.52. The fourth-order valence-corrected chi connectivity index (χ4v) is 2.79. The van der Waals surface area contributed by atoms with Crippen molar-refractivity contribution in [3.8, 4) is 0 Å². The second-order valence-corrected chi connectivity index (χ2v) is 5.52. The summed E-state index contributed by atoms with van der Waals surface area (Å²) in [5.74, 6) is 0. The number of benzene rings is 2. The Morgan fingerprint density at radius 3 is 2.70 bits per heavy atom. The van der Waals surface area contributed by atoms with Crippen LogP contribution in [-0.2, 0) is 13.0 Å². The number of H-pyrrole nitrogens is 1. The molecule has 0 saturated heterocycles. The third-order valence-corrected chi connectivity index (χ3v) is 4.10. The molecule has 0 aliphatic heterocycles. The van der Waals surface area contributed by atoms with Crippen LogP contribution in [0.25, 0.3) is 10.9 Å². The zero-order valence-corrected chi connectivity index (χ0v) is 13.2. The predicted molar refractivity (Wildman–Crippen MR) is 90.7 cm³/mol. The van der Waals surface area contributed by atoms with Crippen molar-refractivity contribution in [2.75, 3.05) is 0 Å². The van der Waals surface area contributed by atoms with E-state index in [9.17, 15) is 9.59 Å². The Morgan fingerprint density at radius 2 is 1.96 bits per heavy atom. The lowest BCUT2D eigenvalue weighted by atomic mass is 10.0. The highest BCUT2D eigenvalue weighted by molar-refractivity contribution is 5.84. The second kappa shape index (κ2) is 6.12. The van der Waals surface area contributed by atoms with E-state index in [2.05, 4.69) is 23.4 Å². The molecule has 3 aromatic rings. The topological polar surface area (TPSA) is 66.9 Å². The average Bonchev–Trinajstić information content (AvgIpc) is 2.90. The van der Waals surface area contributed by atoms with Gasteiger partial charge in [0.15, 0.2) is 0 Å². The Kier molecular flexibility index (Phi) is 4.02. The Hall–Kier alpha value is -2.82. The number of aromatic amines is 1. The highest BCUT2D eigenvalue weighted by atomic mass is 16.2. The molecule has 0 aliphatic rings. The largest absolute Gasteiger partial charge is 0.343 e. The quantitative estimate of drug-likeness (QED) is 0.781. The van der Waals surface area contributed by atoms with Gasteiger partial charge >= 0.3 is 6.03 Å². The van der Waals surface area contributed by atoms with Crippen LogP contribution in [0, 0.1) is 6.92 Å². The van der Waals surface area contributed by atoms with Gasteiger partial charge in [-0.05, 0) is 42.2 Å². The lowest BCUT2D eigenvalue weighted by Crippen LogP contribution is -2.35. The number of amides is 1. The van der Waals surface area contributed by atoms with Crippen molar-refractivity contribution in [2.24, 2.45) is 0 Å². The number of aryl methyl sites for hydroxylation is 2. The van der Waals surface area contributed by atoms with Crippen molar-refractivity contribution in [3.63, 3.8) is 0 Å². The molecule has 5 nitrogen and oxygen atoms in total. The Morgan fingerprint density at radius 1 is 1.17 bits per heavy atom. The predicted octanol–water partition coefficient (Wildman–Crippen LogP) is 2.96. The minimum absolute atomic E-state index is 0.335. The summed E-state index contributed by atoms with van der Waals surface area (Å²) < 4.78 is 1.02.